The summed E-state index contributed by atoms with van der Waals surface area (Å²) in [5.74, 6) is -55.8. The molecule has 0 atom stereocenters. The smallest absolute Gasteiger partial charge is 0.200 e. The molecule has 0 nitrogen and oxygen atoms in total. The van der Waals surface area contributed by atoms with Crippen molar-refractivity contribution in [2.24, 2.45) is 0 Å². The van der Waals surface area contributed by atoms with Crippen LogP contribution in [0, 0.1) is 0 Å². The highest BCUT2D eigenvalue weighted by atomic mass is 79.9. The summed E-state index contributed by atoms with van der Waals surface area (Å²) in [5, 5.41) is 0. The van der Waals surface area contributed by atoms with Crippen LogP contribution in [-0.4, -0.2) is 54.3 Å². The molecular formula is C12H10BrF17Si. The third-order valence-corrected chi connectivity index (χ3v) is 6.45. The van der Waals surface area contributed by atoms with Gasteiger partial charge in [-0.1, -0.05) is 13.1 Å². The number of hydrogen-bond acceptors (Lipinski definition) is 0. The van der Waals surface area contributed by atoms with Gasteiger partial charge in [0, 0.05) is 6.42 Å². The molecule has 0 unspecified atom stereocenters. The van der Waals surface area contributed by atoms with Crippen LogP contribution >= 0.6 is 15.3 Å². The zero-order valence-electron chi connectivity index (χ0n) is 14.7. The summed E-state index contributed by atoms with van der Waals surface area (Å²) >= 11 is 2.70. The quantitative estimate of drug-likeness (QED) is 0.146. The maximum absolute atomic E-state index is 13.5. The van der Waals surface area contributed by atoms with E-state index in [1.165, 1.54) is 0 Å². The van der Waals surface area contributed by atoms with Crippen molar-refractivity contribution in [1.82, 2.24) is 0 Å². The average Bonchev–Trinajstić information content (AvgIpc) is 2.50. The van der Waals surface area contributed by atoms with Crippen molar-refractivity contribution in [3.63, 3.8) is 0 Å². The lowest BCUT2D eigenvalue weighted by Crippen LogP contribution is -2.74. The molecule has 0 aliphatic carbocycles. The fourth-order valence-corrected chi connectivity index (χ4v) is 3.31. The summed E-state index contributed by atoms with van der Waals surface area (Å²) in [6.07, 6.45) is -10.1. The Bertz CT molecular complexity index is 644. The lowest BCUT2D eigenvalue weighted by molar-refractivity contribution is -0.461. The van der Waals surface area contributed by atoms with Crippen molar-refractivity contribution in [1.29, 1.82) is 0 Å². The minimum Gasteiger partial charge on any atom is -0.200 e. The highest BCUT2D eigenvalue weighted by Crippen LogP contribution is 2.64. The topological polar surface area (TPSA) is 0 Å². The van der Waals surface area contributed by atoms with Gasteiger partial charge in [-0.3, -0.25) is 0 Å². The van der Waals surface area contributed by atoms with Crippen LogP contribution in [0.3, 0.4) is 0 Å². The molecule has 19 heteroatoms. The van der Waals surface area contributed by atoms with E-state index in [4.69, 9.17) is 0 Å². The van der Waals surface area contributed by atoms with Crippen molar-refractivity contribution in [3.05, 3.63) is 0 Å². The van der Waals surface area contributed by atoms with Crippen molar-refractivity contribution < 1.29 is 74.6 Å². The molecule has 0 rings (SSSR count). The molecule has 0 saturated carbocycles. The molecule has 0 radical (unpaired) electrons. The van der Waals surface area contributed by atoms with Gasteiger partial charge in [0.25, 0.3) is 0 Å². The van der Waals surface area contributed by atoms with Crippen LogP contribution in [0.2, 0.25) is 19.1 Å². The fourth-order valence-electron chi connectivity index (χ4n) is 1.81. The Morgan fingerprint density at radius 1 is 0.484 bits per heavy atom. The third-order valence-electron chi connectivity index (χ3n) is 3.82. The minimum absolute atomic E-state index is 1.09. The normalized spacial score (nSPS) is 16.6. The number of alkyl halides is 17. The zero-order valence-corrected chi connectivity index (χ0v) is 17.3. The second-order valence-electron chi connectivity index (χ2n) is 6.87. The van der Waals surface area contributed by atoms with E-state index in [1.54, 1.807) is 0 Å². The predicted molar refractivity (Wildman–Crippen MR) is 76.5 cm³/mol. The van der Waals surface area contributed by atoms with Crippen LogP contribution in [0.4, 0.5) is 74.6 Å². The van der Waals surface area contributed by atoms with Crippen molar-refractivity contribution in [3.8, 4) is 0 Å². The monoisotopic (exact) mass is 584 g/mol. The Kier molecular flexibility index (Phi) is 7.66. The standard InChI is InChI=1S/C12H10BrF17Si/c1-31(2,13)4-3-5(14,15)6(16,17)7(18,19)8(20,21)9(22,23)10(24,25)11(26,27)12(28,29)30/h3-4H2,1-2H3. The fraction of sp³-hybridized carbons (Fsp3) is 1.00. The molecule has 188 valence electrons. The van der Waals surface area contributed by atoms with Crippen molar-refractivity contribution in [2.45, 2.75) is 73.2 Å². The molecule has 0 saturated heterocycles. The van der Waals surface area contributed by atoms with Gasteiger partial charge in [-0.25, -0.2) is 0 Å². The van der Waals surface area contributed by atoms with E-state index in [2.05, 4.69) is 15.3 Å². The van der Waals surface area contributed by atoms with Crippen LogP contribution in [0.5, 0.6) is 0 Å². The zero-order chi connectivity index (χ0) is 25.9. The number of halogens is 18. The highest BCUT2D eigenvalue weighted by molar-refractivity contribution is 9.26. The SMILES string of the molecule is C[Si](C)(Br)CCC(F)(F)C(F)(F)C(F)(F)C(F)(F)C(F)(F)C(F)(F)C(F)(F)C(F)(F)F. The lowest BCUT2D eigenvalue weighted by Gasteiger charge is -2.43. The van der Waals surface area contributed by atoms with Crippen LogP contribution < -0.4 is 0 Å². The van der Waals surface area contributed by atoms with E-state index in [0.29, 0.717) is 0 Å². The third kappa shape index (κ3) is 4.62. The Morgan fingerprint density at radius 2 is 0.742 bits per heavy atom. The van der Waals surface area contributed by atoms with E-state index in [-0.39, 0.29) is 0 Å². The van der Waals surface area contributed by atoms with E-state index >= 15 is 0 Å². The molecule has 0 spiro atoms. The maximum atomic E-state index is 13.5. The molecule has 0 aromatic heterocycles. The van der Waals surface area contributed by atoms with E-state index in [9.17, 15) is 74.6 Å². The number of hydrogen-bond donors (Lipinski definition) is 0. The Hall–Kier alpha value is -0.493. The van der Waals surface area contributed by atoms with E-state index in [0.717, 1.165) is 13.1 Å². The molecule has 0 amide bonds. The van der Waals surface area contributed by atoms with E-state index < -0.39 is 66.8 Å². The second kappa shape index (κ2) is 7.78. The first kappa shape index (κ1) is 30.5. The van der Waals surface area contributed by atoms with Crippen LogP contribution in [0.15, 0.2) is 0 Å². The summed E-state index contributed by atoms with van der Waals surface area (Å²) < 4.78 is 221. The Labute approximate surface area is 170 Å². The maximum Gasteiger partial charge on any atom is 0.460 e. The molecule has 0 aliphatic heterocycles. The van der Waals surface area contributed by atoms with Crippen LogP contribution in [0.25, 0.3) is 0 Å². The van der Waals surface area contributed by atoms with Gasteiger partial charge in [-0.15, -0.1) is 15.3 Å². The molecule has 0 heterocycles. The predicted octanol–water partition coefficient (Wildman–Crippen LogP) is 7.99. The molecule has 0 aliphatic rings. The lowest BCUT2D eigenvalue weighted by atomic mass is 9.88. The molecule has 0 fully saturated rings. The van der Waals surface area contributed by atoms with Gasteiger partial charge in [0.15, 0.2) is 0 Å². The van der Waals surface area contributed by atoms with Crippen molar-refractivity contribution >= 4 is 22.0 Å². The molecule has 0 bridgehead atoms. The average molecular weight is 585 g/mol. The molecular weight excluding hydrogens is 575 g/mol. The minimum atomic E-state index is -8.58. The largest absolute Gasteiger partial charge is 0.460 e. The molecule has 31 heavy (non-hydrogen) atoms. The number of rotatable bonds is 9. The van der Waals surface area contributed by atoms with Gasteiger partial charge >= 0.3 is 47.6 Å². The van der Waals surface area contributed by atoms with Gasteiger partial charge in [0.2, 0.25) is 0 Å². The van der Waals surface area contributed by atoms with Crippen molar-refractivity contribution in [2.75, 3.05) is 0 Å². The van der Waals surface area contributed by atoms with Gasteiger partial charge in [-0.2, -0.15) is 74.6 Å². The summed E-state index contributed by atoms with van der Waals surface area (Å²) in [5.41, 5.74) is 0. The summed E-state index contributed by atoms with van der Waals surface area (Å²) in [7, 11) is 0. The molecule has 0 aromatic rings. The molecule has 0 aromatic carbocycles. The first-order valence-electron chi connectivity index (χ1n) is 7.36. The Balaban J connectivity index is 6.56. The second-order valence-corrected chi connectivity index (χ2v) is 17.2. The summed E-state index contributed by atoms with van der Waals surface area (Å²) in [6.45, 7) is -0.763. The van der Waals surface area contributed by atoms with Gasteiger partial charge in [-0.05, 0) is 6.04 Å². The first-order chi connectivity index (χ1) is 13.0. The highest BCUT2D eigenvalue weighted by Gasteiger charge is 2.95. The van der Waals surface area contributed by atoms with Gasteiger partial charge in [0.05, 0.1) is 0 Å². The van der Waals surface area contributed by atoms with E-state index in [1.807, 2.05) is 0 Å². The Morgan fingerprint density at radius 3 is 1.00 bits per heavy atom. The van der Waals surface area contributed by atoms with Gasteiger partial charge in [0.1, 0.15) is 6.69 Å². The first-order valence-corrected chi connectivity index (χ1v) is 12.8. The van der Waals surface area contributed by atoms with Gasteiger partial charge < -0.3 is 0 Å². The molecule has 0 N–H and O–H groups in total. The summed E-state index contributed by atoms with van der Waals surface area (Å²) in [6, 6.07) is -1.09. The van der Waals surface area contributed by atoms with Crippen LogP contribution in [-0.2, 0) is 0 Å². The summed E-state index contributed by atoms with van der Waals surface area (Å²) in [4.78, 5) is 0. The van der Waals surface area contributed by atoms with Crippen LogP contribution in [0.1, 0.15) is 6.42 Å².